The van der Waals surface area contributed by atoms with Crippen molar-refractivity contribution in [3.8, 4) is 0 Å². The standard InChI is InChI=1S/C18H19N3O2/c1-14-6-5-7-15(12-14)13-19-21-18(23)11-10-17(22)20-16-8-3-2-4-9-16/h2-9,12-13H,10-11H2,1H3,(H,20,22)(H,21,23)/b19-13+. The number of para-hydroxylation sites is 1. The number of amides is 2. The molecule has 0 aliphatic rings. The molecule has 0 unspecified atom stereocenters. The average molecular weight is 309 g/mol. The monoisotopic (exact) mass is 309 g/mol. The molecule has 0 heterocycles. The summed E-state index contributed by atoms with van der Waals surface area (Å²) in [6.45, 7) is 1.99. The fraction of sp³-hybridized carbons (Fsp3) is 0.167. The molecule has 0 radical (unpaired) electrons. The van der Waals surface area contributed by atoms with Crippen molar-refractivity contribution in [2.75, 3.05) is 5.32 Å². The van der Waals surface area contributed by atoms with E-state index in [-0.39, 0.29) is 24.7 Å². The summed E-state index contributed by atoms with van der Waals surface area (Å²) in [7, 11) is 0. The Morgan fingerprint density at radius 1 is 1.00 bits per heavy atom. The van der Waals surface area contributed by atoms with E-state index in [0.717, 1.165) is 16.8 Å². The number of nitrogens with one attached hydrogen (secondary N) is 2. The molecule has 0 saturated heterocycles. The molecule has 0 aliphatic carbocycles. The highest BCUT2D eigenvalue weighted by Crippen LogP contribution is 2.06. The van der Waals surface area contributed by atoms with Gasteiger partial charge in [0, 0.05) is 18.5 Å². The number of hydrogen-bond donors (Lipinski definition) is 2. The first-order valence-corrected chi connectivity index (χ1v) is 7.37. The van der Waals surface area contributed by atoms with Crippen molar-refractivity contribution >= 4 is 23.7 Å². The Morgan fingerprint density at radius 3 is 2.48 bits per heavy atom. The lowest BCUT2D eigenvalue weighted by molar-refractivity contribution is -0.124. The van der Waals surface area contributed by atoms with Gasteiger partial charge in [0.2, 0.25) is 11.8 Å². The average Bonchev–Trinajstić information content (AvgIpc) is 2.54. The molecule has 2 rings (SSSR count). The Bertz CT molecular complexity index is 696. The molecule has 2 aromatic rings. The lowest BCUT2D eigenvalue weighted by atomic mass is 10.2. The smallest absolute Gasteiger partial charge is 0.240 e. The third kappa shape index (κ3) is 6.13. The van der Waals surface area contributed by atoms with Crippen molar-refractivity contribution in [3.63, 3.8) is 0 Å². The van der Waals surface area contributed by atoms with Gasteiger partial charge in [-0.25, -0.2) is 5.43 Å². The predicted octanol–water partition coefficient (Wildman–Crippen LogP) is 2.86. The van der Waals surface area contributed by atoms with E-state index >= 15 is 0 Å². The van der Waals surface area contributed by atoms with Crippen LogP contribution >= 0.6 is 0 Å². The second-order valence-corrected chi connectivity index (χ2v) is 5.12. The van der Waals surface area contributed by atoms with Crippen LogP contribution in [0, 0.1) is 6.92 Å². The largest absolute Gasteiger partial charge is 0.326 e. The van der Waals surface area contributed by atoms with Crippen molar-refractivity contribution in [1.29, 1.82) is 0 Å². The predicted molar refractivity (Wildman–Crippen MR) is 91.2 cm³/mol. The molecule has 23 heavy (non-hydrogen) atoms. The summed E-state index contributed by atoms with van der Waals surface area (Å²) >= 11 is 0. The fourth-order valence-corrected chi connectivity index (χ4v) is 1.96. The van der Waals surface area contributed by atoms with Gasteiger partial charge in [0.1, 0.15) is 0 Å². The first kappa shape index (κ1) is 16.4. The molecular weight excluding hydrogens is 290 g/mol. The minimum atomic E-state index is -0.294. The molecule has 118 valence electrons. The maximum atomic E-state index is 11.7. The Hall–Kier alpha value is -2.95. The molecule has 0 aromatic heterocycles. The zero-order valence-electron chi connectivity index (χ0n) is 13.0. The molecule has 0 spiro atoms. The highest BCUT2D eigenvalue weighted by molar-refractivity contribution is 5.93. The summed E-state index contributed by atoms with van der Waals surface area (Å²) in [5, 5.41) is 6.62. The fourth-order valence-electron chi connectivity index (χ4n) is 1.96. The number of rotatable bonds is 6. The van der Waals surface area contributed by atoms with Crippen LogP contribution in [-0.4, -0.2) is 18.0 Å². The van der Waals surface area contributed by atoms with Crippen LogP contribution < -0.4 is 10.7 Å². The minimum Gasteiger partial charge on any atom is -0.326 e. The molecule has 2 aromatic carbocycles. The molecule has 2 N–H and O–H groups in total. The van der Waals surface area contributed by atoms with Crippen LogP contribution in [0.3, 0.4) is 0 Å². The maximum absolute atomic E-state index is 11.7. The van der Waals surface area contributed by atoms with E-state index in [2.05, 4.69) is 15.8 Å². The summed E-state index contributed by atoms with van der Waals surface area (Å²) in [6.07, 6.45) is 1.78. The number of hydrogen-bond acceptors (Lipinski definition) is 3. The van der Waals surface area contributed by atoms with E-state index < -0.39 is 0 Å². The van der Waals surface area contributed by atoms with Crippen LogP contribution in [0.15, 0.2) is 59.7 Å². The van der Waals surface area contributed by atoms with Crippen LogP contribution in [0.2, 0.25) is 0 Å². The van der Waals surface area contributed by atoms with E-state index in [1.165, 1.54) is 0 Å². The number of carbonyl (C=O) groups is 2. The maximum Gasteiger partial charge on any atom is 0.240 e. The van der Waals surface area contributed by atoms with E-state index in [1.54, 1.807) is 18.3 Å². The molecule has 0 atom stereocenters. The normalized spacial score (nSPS) is 10.5. The number of benzene rings is 2. The van der Waals surface area contributed by atoms with E-state index in [4.69, 9.17) is 0 Å². The topological polar surface area (TPSA) is 70.6 Å². The van der Waals surface area contributed by atoms with Crippen LogP contribution in [0.25, 0.3) is 0 Å². The van der Waals surface area contributed by atoms with Crippen molar-refractivity contribution < 1.29 is 9.59 Å². The highest BCUT2D eigenvalue weighted by Gasteiger charge is 2.06. The van der Waals surface area contributed by atoms with Gasteiger partial charge in [-0.05, 0) is 24.6 Å². The van der Waals surface area contributed by atoms with Gasteiger partial charge in [0.25, 0.3) is 0 Å². The molecule has 5 heteroatoms. The molecule has 0 aliphatic heterocycles. The van der Waals surface area contributed by atoms with Gasteiger partial charge < -0.3 is 5.32 Å². The van der Waals surface area contributed by atoms with Crippen molar-refractivity contribution in [3.05, 3.63) is 65.7 Å². The van der Waals surface area contributed by atoms with Crippen LogP contribution in [0.1, 0.15) is 24.0 Å². The number of aryl methyl sites for hydroxylation is 1. The highest BCUT2D eigenvalue weighted by atomic mass is 16.2. The van der Waals surface area contributed by atoms with E-state index in [9.17, 15) is 9.59 Å². The zero-order chi connectivity index (χ0) is 16.5. The molecular formula is C18H19N3O2. The quantitative estimate of drug-likeness (QED) is 0.636. The van der Waals surface area contributed by atoms with Gasteiger partial charge in [0.05, 0.1) is 6.21 Å². The van der Waals surface area contributed by atoms with Crippen LogP contribution in [-0.2, 0) is 9.59 Å². The first-order valence-electron chi connectivity index (χ1n) is 7.37. The summed E-state index contributed by atoms with van der Waals surface area (Å²) < 4.78 is 0. The second-order valence-electron chi connectivity index (χ2n) is 5.12. The van der Waals surface area contributed by atoms with E-state index in [0.29, 0.717) is 0 Å². The Balaban J connectivity index is 1.71. The number of nitrogens with zero attached hydrogens (tertiary/aromatic N) is 1. The number of hydrazone groups is 1. The second kappa shape index (κ2) is 8.48. The molecule has 0 saturated carbocycles. The van der Waals surface area contributed by atoms with Crippen LogP contribution in [0.5, 0.6) is 0 Å². The summed E-state index contributed by atoms with van der Waals surface area (Å²) in [5.74, 6) is -0.494. The van der Waals surface area contributed by atoms with Gasteiger partial charge >= 0.3 is 0 Å². The van der Waals surface area contributed by atoms with Gasteiger partial charge in [-0.15, -0.1) is 0 Å². The summed E-state index contributed by atoms with van der Waals surface area (Å²) in [5.41, 5.74) is 5.17. The third-order valence-electron chi connectivity index (χ3n) is 3.08. The molecule has 0 bridgehead atoms. The van der Waals surface area contributed by atoms with Gasteiger partial charge in [-0.2, -0.15) is 5.10 Å². The zero-order valence-corrected chi connectivity index (χ0v) is 13.0. The third-order valence-corrected chi connectivity index (χ3v) is 3.08. The van der Waals surface area contributed by atoms with Crippen molar-refractivity contribution in [1.82, 2.24) is 5.43 Å². The van der Waals surface area contributed by atoms with Gasteiger partial charge in [-0.3, -0.25) is 9.59 Å². The molecule has 5 nitrogen and oxygen atoms in total. The summed E-state index contributed by atoms with van der Waals surface area (Å²) in [4.78, 5) is 23.4. The van der Waals surface area contributed by atoms with Crippen molar-refractivity contribution in [2.24, 2.45) is 5.10 Å². The summed E-state index contributed by atoms with van der Waals surface area (Å²) in [6, 6.07) is 16.9. The SMILES string of the molecule is Cc1cccc(/C=N/NC(=O)CCC(=O)Nc2ccccc2)c1. The Labute approximate surface area is 135 Å². The van der Waals surface area contributed by atoms with Crippen molar-refractivity contribution in [2.45, 2.75) is 19.8 Å². The number of anilines is 1. The van der Waals surface area contributed by atoms with Gasteiger partial charge in [0.15, 0.2) is 0 Å². The molecule has 0 fully saturated rings. The Kier molecular flexibility index (Phi) is 6.06. The first-order chi connectivity index (χ1) is 11.1. The molecule has 2 amide bonds. The minimum absolute atomic E-state index is 0.0871. The van der Waals surface area contributed by atoms with E-state index in [1.807, 2.05) is 49.4 Å². The Morgan fingerprint density at radius 2 is 1.74 bits per heavy atom. The lowest BCUT2D eigenvalue weighted by Gasteiger charge is -2.04. The van der Waals surface area contributed by atoms with Gasteiger partial charge in [-0.1, -0.05) is 48.0 Å². The number of carbonyl (C=O) groups excluding carboxylic acids is 2. The lowest BCUT2D eigenvalue weighted by Crippen LogP contribution is -2.20. The van der Waals surface area contributed by atoms with Crippen LogP contribution in [0.4, 0.5) is 5.69 Å².